The third-order valence-electron chi connectivity index (χ3n) is 2.87. The van der Waals surface area contributed by atoms with E-state index in [0.717, 1.165) is 30.7 Å². The molecule has 4 nitrogen and oxygen atoms in total. The summed E-state index contributed by atoms with van der Waals surface area (Å²) in [6.45, 7) is 9.15. The van der Waals surface area contributed by atoms with Crippen LogP contribution in [0.3, 0.4) is 0 Å². The fourth-order valence-corrected chi connectivity index (χ4v) is 1.87. The summed E-state index contributed by atoms with van der Waals surface area (Å²) < 4.78 is 5.77. The summed E-state index contributed by atoms with van der Waals surface area (Å²) in [5.41, 5.74) is 1.77. The molecule has 0 unspecified atom stereocenters. The minimum Gasteiger partial charge on any atom is -0.423 e. The van der Waals surface area contributed by atoms with Crippen molar-refractivity contribution in [2.75, 3.05) is 24.5 Å². The van der Waals surface area contributed by atoms with Crippen LogP contribution in [0.4, 0.5) is 6.01 Å². The van der Waals surface area contributed by atoms with Crippen molar-refractivity contribution in [3.05, 3.63) is 24.3 Å². The molecule has 1 N–H and O–H groups in total. The van der Waals surface area contributed by atoms with E-state index in [4.69, 9.17) is 4.42 Å². The molecule has 2 rings (SSSR count). The van der Waals surface area contributed by atoms with E-state index in [1.165, 1.54) is 0 Å². The molecule has 0 saturated heterocycles. The van der Waals surface area contributed by atoms with Crippen molar-refractivity contribution in [3.63, 3.8) is 0 Å². The molecule has 1 aromatic carbocycles. The van der Waals surface area contributed by atoms with Gasteiger partial charge in [-0.2, -0.15) is 4.98 Å². The van der Waals surface area contributed by atoms with Crippen LogP contribution >= 0.6 is 0 Å². The highest BCUT2D eigenvalue weighted by Gasteiger charge is 2.11. The number of hydrogen-bond acceptors (Lipinski definition) is 4. The highest BCUT2D eigenvalue weighted by atomic mass is 16.4. The first-order chi connectivity index (χ1) is 8.70. The number of benzene rings is 1. The number of anilines is 1. The van der Waals surface area contributed by atoms with Crippen LogP contribution < -0.4 is 10.2 Å². The second-order valence-corrected chi connectivity index (χ2v) is 4.65. The lowest BCUT2D eigenvalue weighted by atomic mass is 10.3. The smallest absolute Gasteiger partial charge is 0.298 e. The van der Waals surface area contributed by atoms with Gasteiger partial charge in [0.05, 0.1) is 0 Å². The monoisotopic (exact) mass is 247 g/mol. The lowest BCUT2D eigenvalue weighted by molar-refractivity contribution is 0.541. The van der Waals surface area contributed by atoms with Gasteiger partial charge in [0.25, 0.3) is 6.01 Å². The number of hydrogen-bond donors (Lipinski definition) is 1. The van der Waals surface area contributed by atoms with E-state index in [1.807, 2.05) is 24.3 Å². The molecule has 0 spiro atoms. The van der Waals surface area contributed by atoms with Gasteiger partial charge < -0.3 is 14.6 Å². The summed E-state index contributed by atoms with van der Waals surface area (Å²) in [5.74, 6) is 0. The topological polar surface area (TPSA) is 41.3 Å². The largest absolute Gasteiger partial charge is 0.423 e. The quantitative estimate of drug-likeness (QED) is 0.852. The zero-order valence-corrected chi connectivity index (χ0v) is 11.3. The van der Waals surface area contributed by atoms with Gasteiger partial charge in [0.2, 0.25) is 0 Å². The highest BCUT2D eigenvalue weighted by Crippen LogP contribution is 2.20. The lowest BCUT2D eigenvalue weighted by Crippen LogP contribution is -2.35. The van der Waals surface area contributed by atoms with Crippen molar-refractivity contribution in [1.82, 2.24) is 10.3 Å². The molecule has 1 aromatic heterocycles. The Kier molecular flexibility index (Phi) is 4.20. The molecule has 18 heavy (non-hydrogen) atoms. The predicted octanol–water partition coefficient (Wildman–Crippen LogP) is 2.65. The summed E-state index contributed by atoms with van der Waals surface area (Å²) >= 11 is 0. The van der Waals surface area contributed by atoms with Gasteiger partial charge >= 0.3 is 0 Å². The SMILES string of the molecule is CCN(CCNC(C)C)c1nc2ccccc2o1. The molecule has 0 aliphatic carbocycles. The fourth-order valence-electron chi connectivity index (χ4n) is 1.87. The third-order valence-corrected chi connectivity index (χ3v) is 2.87. The van der Waals surface area contributed by atoms with Crippen molar-refractivity contribution in [1.29, 1.82) is 0 Å². The molecule has 0 aliphatic heterocycles. The van der Waals surface area contributed by atoms with Gasteiger partial charge in [-0.1, -0.05) is 26.0 Å². The first kappa shape index (κ1) is 12.9. The van der Waals surface area contributed by atoms with Crippen molar-refractivity contribution < 1.29 is 4.42 Å². The number of rotatable bonds is 6. The number of aromatic nitrogens is 1. The molecule has 0 atom stereocenters. The zero-order chi connectivity index (χ0) is 13.0. The number of nitrogens with one attached hydrogen (secondary N) is 1. The number of fused-ring (bicyclic) bond motifs is 1. The standard InChI is InChI=1S/C14H21N3O/c1-4-17(10-9-15-11(2)3)14-16-12-7-5-6-8-13(12)18-14/h5-8,11,15H,4,9-10H2,1-3H3. The predicted molar refractivity (Wildman–Crippen MR) is 75.0 cm³/mol. The molecule has 2 aromatic rings. The van der Waals surface area contributed by atoms with Gasteiger partial charge in [-0.15, -0.1) is 0 Å². The molecule has 0 aliphatic rings. The maximum Gasteiger partial charge on any atom is 0.298 e. The number of oxazole rings is 1. The second-order valence-electron chi connectivity index (χ2n) is 4.65. The lowest BCUT2D eigenvalue weighted by Gasteiger charge is -2.19. The van der Waals surface area contributed by atoms with Crippen LogP contribution in [0.15, 0.2) is 28.7 Å². The highest BCUT2D eigenvalue weighted by molar-refractivity contribution is 5.74. The van der Waals surface area contributed by atoms with E-state index in [-0.39, 0.29) is 0 Å². The third kappa shape index (κ3) is 3.01. The molecule has 0 amide bonds. The second kappa shape index (κ2) is 5.87. The number of likely N-dealkylation sites (N-methyl/N-ethyl adjacent to an activating group) is 1. The zero-order valence-electron chi connectivity index (χ0n) is 11.3. The summed E-state index contributed by atoms with van der Waals surface area (Å²) in [4.78, 5) is 6.66. The van der Waals surface area contributed by atoms with Gasteiger partial charge in [0.1, 0.15) is 5.52 Å². The molecule has 1 heterocycles. The Bertz CT molecular complexity index is 459. The Morgan fingerprint density at radius 3 is 2.78 bits per heavy atom. The summed E-state index contributed by atoms with van der Waals surface area (Å²) in [6.07, 6.45) is 0. The van der Waals surface area contributed by atoms with Gasteiger partial charge in [-0.05, 0) is 19.1 Å². The van der Waals surface area contributed by atoms with Crippen molar-refractivity contribution in [2.45, 2.75) is 26.8 Å². The molecule has 0 radical (unpaired) electrons. The van der Waals surface area contributed by atoms with Crippen LogP contribution in [0.1, 0.15) is 20.8 Å². The van der Waals surface area contributed by atoms with Gasteiger partial charge in [0, 0.05) is 25.7 Å². The van der Waals surface area contributed by atoms with Gasteiger partial charge in [-0.25, -0.2) is 0 Å². The van der Waals surface area contributed by atoms with Gasteiger partial charge in [0.15, 0.2) is 5.58 Å². The average Bonchev–Trinajstić information content (AvgIpc) is 2.77. The summed E-state index contributed by atoms with van der Waals surface area (Å²) in [7, 11) is 0. The molecular formula is C14H21N3O. The normalized spacial score (nSPS) is 11.3. The molecule has 98 valence electrons. The van der Waals surface area contributed by atoms with Crippen LogP contribution in [0, 0.1) is 0 Å². The molecular weight excluding hydrogens is 226 g/mol. The van der Waals surface area contributed by atoms with E-state index < -0.39 is 0 Å². The van der Waals surface area contributed by atoms with Crippen molar-refractivity contribution in [2.24, 2.45) is 0 Å². The maximum absolute atomic E-state index is 5.77. The molecule has 0 saturated carbocycles. The molecule has 4 heteroatoms. The van der Waals surface area contributed by atoms with E-state index in [9.17, 15) is 0 Å². The van der Waals surface area contributed by atoms with Crippen molar-refractivity contribution >= 4 is 17.1 Å². The Balaban J connectivity index is 2.07. The van der Waals surface area contributed by atoms with E-state index >= 15 is 0 Å². The Hall–Kier alpha value is -1.55. The number of nitrogens with zero attached hydrogens (tertiary/aromatic N) is 2. The minimum absolute atomic E-state index is 0.507. The van der Waals surface area contributed by atoms with E-state index in [2.05, 4.69) is 36.0 Å². The average molecular weight is 247 g/mol. The maximum atomic E-state index is 5.77. The first-order valence-electron chi connectivity index (χ1n) is 6.54. The summed E-state index contributed by atoms with van der Waals surface area (Å²) in [6, 6.07) is 9.09. The summed E-state index contributed by atoms with van der Waals surface area (Å²) in [5, 5.41) is 3.40. The number of para-hydroxylation sites is 2. The Morgan fingerprint density at radius 1 is 1.33 bits per heavy atom. The van der Waals surface area contributed by atoms with Crippen LogP contribution in [-0.4, -0.2) is 30.7 Å². The van der Waals surface area contributed by atoms with Crippen LogP contribution in [0.25, 0.3) is 11.1 Å². The van der Waals surface area contributed by atoms with Gasteiger partial charge in [-0.3, -0.25) is 0 Å². The van der Waals surface area contributed by atoms with E-state index in [1.54, 1.807) is 0 Å². The Morgan fingerprint density at radius 2 is 2.11 bits per heavy atom. The first-order valence-corrected chi connectivity index (χ1v) is 6.54. The van der Waals surface area contributed by atoms with Crippen LogP contribution in [-0.2, 0) is 0 Å². The molecule has 0 fully saturated rings. The minimum atomic E-state index is 0.507. The van der Waals surface area contributed by atoms with Crippen LogP contribution in [0.2, 0.25) is 0 Å². The van der Waals surface area contributed by atoms with Crippen molar-refractivity contribution in [3.8, 4) is 0 Å². The van der Waals surface area contributed by atoms with E-state index in [0.29, 0.717) is 12.1 Å². The van der Waals surface area contributed by atoms with Crippen LogP contribution in [0.5, 0.6) is 0 Å². The Labute approximate surface area is 108 Å². The fraction of sp³-hybridized carbons (Fsp3) is 0.500. The molecule has 0 bridgehead atoms.